The van der Waals surface area contributed by atoms with E-state index in [-0.39, 0.29) is 0 Å². The lowest BCUT2D eigenvalue weighted by atomic mass is 10.1. The van der Waals surface area contributed by atoms with Crippen molar-refractivity contribution in [3.05, 3.63) is 52.8 Å². The van der Waals surface area contributed by atoms with Crippen molar-refractivity contribution in [1.29, 1.82) is 0 Å². The maximum Gasteiger partial charge on any atom is 0.0638 e. The Morgan fingerprint density at radius 1 is 1.05 bits per heavy atom. The molecule has 0 aliphatic heterocycles. The molecule has 0 spiro atoms. The predicted octanol–water partition coefficient (Wildman–Crippen LogP) is 3.06. The molecular weight excluding hydrogens is 234 g/mol. The molecular formula is C16H23N3. The number of aryl methyl sites for hydroxylation is 3. The van der Waals surface area contributed by atoms with Crippen LogP contribution in [0.25, 0.3) is 0 Å². The van der Waals surface area contributed by atoms with E-state index in [0.717, 1.165) is 31.7 Å². The zero-order valence-corrected chi connectivity index (χ0v) is 12.1. The zero-order valence-electron chi connectivity index (χ0n) is 12.1. The van der Waals surface area contributed by atoms with Crippen LogP contribution >= 0.6 is 0 Å². The van der Waals surface area contributed by atoms with Gasteiger partial charge in [0, 0.05) is 31.4 Å². The van der Waals surface area contributed by atoms with Crippen LogP contribution in [0.3, 0.4) is 0 Å². The molecule has 0 bridgehead atoms. The van der Waals surface area contributed by atoms with Crippen molar-refractivity contribution >= 4 is 0 Å². The van der Waals surface area contributed by atoms with Crippen LogP contribution in [0.2, 0.25) is 0 Å². The summed E-state index contributed by atoms with van der Waals surface area (Å²) in [5.74, 6) is 0. The predicted molar refractivity (Wildman–Crippen MR) is 79.0 cm³/mol. The zero-order chi connectivity index (χ0) is 13.7. The molecule has 3 heteroatoms. The smallest absolute Gasteiger partial charge is 0.0638 e. The summed E-state index contributed by atoms with van der Waals surface area (Å²) in [7, 11) is 0. The summed E-state index contributed by atoms with van der Waals surface area (Å²) in [6, 6.07) is 8.82. The quantitative estimate of drug-likeness (QED) is 0.862. The van der Waals surface area contributed by atoms with Crippen LogP contribution in [0, 0.1) is 6.92 Å². The third-order valence-corrected chi connectivity index (χ3v) is 3.45. The molecule has 2 aromatic rings. The average Bonchev–Trinajstić information content (AvgIpc) is 2.80. The molecule has 0 unspecified atom stereocenters. The Morgan fingerprint density at radius 3 is 2.32 bits per heavy atom. The van der Waals surface area contributed by atoms with Gasteiger partial charge in [-0.05, 0) is 31.4 Å². The minimum atomic E-state index is 0.876. The Hall–Kier alpha value is -1.61. The number of hydrogen-bond donors (Lipinski definition) is 1. The van der Waals surface area contributed by atoms with E-state index in [4.69, 9.17) is 0 Å². The number of nitrogens with zero attached hydrogens (tertiary/aromatic N) is 2. The van der Waals surface area contributed by atoms with Gasteiger partial charge < -0.3 is 5.32 Å². The highest BCUT2D eigenvalue weighted by molar-refractivity contribution is 5.22. The molecule has 0 aliphatic carbocycles. The molecule has 1 aromatic carbocycles. The summed E-state index contributed by atoms with van der Waals surface area (Å²) in [5, 5.41) is 7.93. The van der Waals surface area contributed by atoms with Crippen LogP contribution < -0.4 is 5.32 Å². The van der Waals surface area contributed by atoms with E-state index in [1.54, 1.807) is 0 Å². The van der Waals surface area contributed by atoms with E-state index < -0.39 is 0 Å². The number of benzene rings is 1. The third-order valence-electron chi connectivity index (χ3n) is 3.45. The van der Waals surface area contributed by atoms with Crippen LogP contribution in [0.4, 0.5) is 0 Å². The van der Waals surface area contributed by atoms with Crippen molar-refractivity contribution in [2.24, 2.45) is 0 Å². The Morgan fingerprint density at radius 2 is 1.74 bits per heavy atom. The van der Waals surface area contributed by atoms with Crippen molar-refractivity contribution in [2.75, 3.05) is 0 Å². The second kappa shape index (κ2) is 6.53. The molecule has 3 nitrogen and oxygen atoms in total. The Labute approximate surface area is 115 Å². The maximum absolute atomic E-state index is 4.45. The first-order valence-corrected chi connectivity index (χ1v) is 7.04. The molecule has 0 radical (unpaired) electrons. The molecule has 1 N–H and O–H groups in total. The lowest BCUT2D eigenvalue weighted by Gasteiger charge is -2.05. The highest BCUT2D eigenvalue weighted by atomic mass is 15.3. The molecule has 0 aliphatic rings. The Kier molecular flexibility index (Phi) is 4.74. The minimum Gasteiger partial charge on any atom is -0.308 e. The highest BCUT2D eigenvalue weighted by Crippen LogP contribution is 2.07. The summed E-state index contributed by atoms with van der Waals surface area (Å²) < 4.78 is 1.99. The summed E-state index contributed by atoms with van der Waals surface area (Å²) in [5.41, 5.74) is 5.13. The molecule has 0 fully saturated rings. The fourth-order valence-corrected chi connectivity index (χ4v) is 2.13. The van der Waals surface area contributed by atoms with Crippen LogP contribution in [0.1, 0.15) is 36.2 Å². The van der Waals surface area contributed by atoms with Gasteiger partial charge in [-0.1, -0.05) is 31.2 Å². The summed E-state index contributed by atoms with van der Waals surface area (Å²) in [6.45, 7) is 9.07. The number of rotatable bonds is 6. The molecule has 0 saturated carbocycles. The molecule has 1 heterocycles. The monoisotopic (exact) mass is 257 g/mol. The first-order valence-electron chi connectivity index (χ1n) is 7.04. The van der Waals surface area contributed by atoms with Gasteiger partial charge in [0.15, 0.2) is 0 Å². The molecule has 0 atom stereocenters. The van der Waals surface area contributed by atoms with Crippen molar-refractivity contribution in [3.63, 3.8) is 0 Å². The highest BCUT2D eigenvalue weighted by Gasteiger charge is 2.03. The number of nitrogens with one attached hydrogen (secondary N) is 1. The third kappa shape index (κ3) is 3.67. The first kappa shape index (κ1) is 13.8. The minimum absolute atomic E-state index is 0.876. The molecule has 0 saturated heterocycles. The largest absolute Gasteiger partial charge is 0.308 e. The first-order chi connectivity index (χ1) is 9.22. The van der Waals surface area contributed by atoms with Gasteiger partial charge in [0.05, 0.1) is 5.69 Å². The summed E-state index contributed by atoms with van der Waals surface area (Å²) >= 11 is 0. The van der Waals surface area contributed by atoms with Gasteiger partial charge in [0.1, 0.15) is 0 Å². The van der Waals surface area contributed by atoms with Crippen molar-refractivity contribution in [2.45, 2.75) is 46.8 Å². The Balaban J connectivity index is 1.86. The second-order valence-corrected chi connectivity index (χ2v) is 4.87. The van der Waals surface area contributed by atoms with Crippen molar-refractivity contribution < 1.29 is 0 Å². The van der Waals surface area contributed by atoms with Gasteiger partial charge in [-0.15, -0.1) is 0 Å². The average molecular weight is 257 g/mol. The van der Waals surface area contributed by atoms with Gasteiger partial charge >= 0.3 is 0 Å². The Bertz CT molecular complexity index is 511. The van der Waals surface area contributed by atoms with E-state index in [2.05, 4.69) is 61.6 Å². The molecule has 102 valence electrons. The normalized spacial score (nSPS) is 10.9. The second-order valence-electron chi connectivity index (χ2n) is 4.87. The SMILES string of the molecule is CCc1ccc(CNCc2cn(CC)nc2C)cc1. The van der Waals surface area contributed by atoms with Gasteiger partial charge in [-0.25, -0.2) is 0 Å². The van der Waals surface area contributed by atoms with Crippen LogP contribution in [0.5, 0.6) is 0 Å². The topological polar surface area (TPSA) is 29.9 Å². The number of hydrogen-bond acceptors (Lipinski definition) is 2. The van der Waals surface area contributed by atoms with E-state index >= 15 is 0 Å². The van der Waals surface area contributed by atoms with Gasteiger partial charge in [0.25, 0.3) is 0 Å². The van der Waals surface area contributed by atoms with E-state index in [1.165, 1.54) is 16.7 Å². The van der Waals surface area contributed by atoms with E-state index in [0.29, 0.717) is 0 Å². The fourth-order valence-electron chi connectivity index (χ4n) is 2.13. The van der Waals surface area contributed by atoms with Crippen molar-refractivity contribution in [1.82, 2.24) is 15.1 Å². The lowest BCUT2D eigenvalue weighted by Crippen LogP contribution is -2.12. The van der Waals surface area contributed by atoms with Gasteiger partial charge in [-0.2, -0.15) is 5.10 Å². The van der Waals surface area contributed by atoms with Gasteiger partial charge in [0.2, 0.25) is 0 Å². The fraction of sp³-hybridized carbons (Fsp3) is 0.438. The molecule has 19 heavy (non-hydrogen) atoms. The van der Waals surface area contributed by atoms with Crippen molar-refractivity contribution in [3.8, 4) is 0 Å². The molecule has 2 rings (SSSR count). The maximum atomic E-state index is 4.45. The van der Waals surface area contributed by atoms with Crippen LogP contribution in [-0.4, -0.2) is 9.78 Å². The number of aromatic nitrogens is 2. The van der Waals surface area contributed by atoms with Crippen LogP contribution in [0.15, 0.2) is 30.5 Å². The van der Waals surface area contributed by atoms with Gasteiger partial charge in [-0.3, -0.25) is 4.68 Å². The summed E-state index contributed by atoms with van der Waals surface area (Å²) in [4.78, 5) is 0. The lowest BCUT2D eigenvalue weighted by molar-refractivity contribution is 0.651. The molecule has 0 amide bonds. The van der Waals surface area contributed by atoms with Crippen LogP contribution in [-0.2, 0) is 26.1 Å². The van der Waals surface area contributed by atoms with E-state index in [9.17, 15) is 0 Å². The summed E-state index contributed by atoms with van der Waals surface area (Å²) in [6.07, 6.45) is 3.23. The standard InChI is InChI=1S/C16H23N3/c1-4-14-6-8-15(9-7-14)10-17-11-16-12-19(5-2)18-13(16)3/h6-9,12,17H,4-5,10-11H2,1-3H3. The molecule has 1 aromatic heterocycles. The van der Waals surface area contributed by atoms with E-state index in [1.807, 2.05) is 4.68 Å².